The maximum Gasteiger partial charge on any atom is 0.225 e. The molecule has 0 amide bonds. The number of aromatic nitrogens is 2. The molecule has 0 aliphatic carbocycles. The Labute approximate surface area is 101 Å². The van der Waals surface area contributed by atoms with Crippen LogP contribution in [0.4, 0.5) is 5.95 Å². The van der Waals surface area contributed by atoms with E-state index in [4.69, 9.17) is 4.74 Å². The van der Waals surface area contributed by atoms with Crippen LogP contribution in [0, 0.1) is 0 Å². The first kappa shape index (κ1) is 11.4. The van der Waals surface area contributed by atoms with Crippen molar-refractivity contribution in [2.75, 3.05) is 12.4 Å². The van der Waals surface area contributed by atoms with Gasteiger partial charge in [-0.3, -0.25) is 0 Å². The van der Waals surface area contributed by atoms with Crippen molar-refractivity contribution in [3.05, 3.63) is 42.1 Å². The van der Waals surface area contributed by atoms with E-state index in [9.17, 15) is 0 Å². The van der Waals surface area contributed by atoms with E-state index in [0.717, 1.165) is 12.2 Å². The van der Waals surface area contributed by atoms with Crippen LogP contribution in [0.25, 0.3) is 0 Å². The fraction of sp³-hybridized carbons (Fsp3) is 0.231. The summed E-state index contributed by atoms with van der Waals surface area (Å²) in [6.07, 6.45) is 2.65. The lowest BCUT2D eigenvalue weighted by Gasteiger charge is -2.06. The fourth-order valence-corrected chi connectivity index (χ4v) is 1.47. The third kappa shape index (κ3) is 2.93. The van der Waals surface area contributed by atoms with Gasteiger partial charge in [0.25, 0.3) is 0 Å². The lowest BCUT2D eigenvalue weighted by Crippen LogP contribution is -1.97. The van der Waals surface area contributed by atoms with Gasteiger partial charge in [-0.25, -0.2) is 4.98 Å². The van der Waals surface area contributed by atoms with Crippen LogP contribution in [-0.2, 0) is 6.42 Å². The molecule has 1 heterocycles. The predicted octanol–water partition coefficient (Wildman–Crippen LogP) is 2.87. The molecular weight excluding hydrogens is 214 g/mol. The summed E-state index contributed by atoms with van der Waals surface area (Å²) in [5.41, 5.74) is 1.24. The van der Waals surface area contributed by atoms with Crippen LogP contribution in [0.2, 0.25) is 0 Å². The summed E-state index contributed by atoms with van der Waals surface area (Å²) >= 11 is 0. The van der Waals surface area contributed by atoms with Crippen molar-refractivity contribution >= 4 is 5.95 Å². The van der Waals surface area contributed by atoms with Gasteiger partial charge in [0.1, 0.15) is 5.75 Å². The Bertz CT molecular complexity index is 454. The van der Waals surface area contributed by atoms with Gasteiger partial charge in [0.05, 0.1) is 0 Å². The average molecular weight is 229 g/mol. The molecule has 2 aromatic rings. The van der Waals surface area contributed by atoms with Gasteiger partial charge in [-0.1, -0.05) is 19.1 Å². The quantitative estimate of drug-likeness (QED) is 0.875. The molecule has 0 saturated carbocycles. The molecule has 4 heteroatoms. The number of nitrogens with one attached hydrogen (secondary N) is 1. The molecule has 88 valence electrons. The molecule has 17 heavy (non-hydrogen) atoms. The highest BCUT2D eigenvalue weighted by Gasteiger charge is 2.01. The van der Waals surface area contributed by atoms with Crippen molar-refractivity contribution in [2.45, 2.75) is 13.3 Å². The Kier molecular flexibility index (Phi) is 3.55. The van der Waals surface area contributed by atoms with E-state index in [2.05, 4.69) is 28.3 Å². The molecule has 0 saturated heterocycles. The van der Waals surface area contributed by atoms with E-state index in [1.54, 1.807) is 19.3 Å². The highest BCUT2D eigenvalue weighted by atomic mass is 16.5. The number of nitrogens with zero attached hydrogens (tertiary/aromatic N) is 2. The van der Waals surface area contributed by atoms with Gasteiger partial charge >= 0.3 is 0 Å². The predicted molar refractivity (Wildman–Crippen MR) is 67.5 cm³/mol. The lowest BCUT2D eigenvalue weighted by atomic mass is 10.2. The Morgan fingerprint density at radius 1 is 1.29 bits per heavy atom. The lowest BCUT2D eigenvalue weighted by molar-refractivity contribution is 0.462. The minimum Gasteiger partial charge on any atom is -0.439 e. The SMILES string of the molecule is CCc1cccc(Oc2ccnc(NC)n2)c1. The van der Waals surface area contributed by atoms with E-state index in [1.165, 1.54) is 5.56 Å². The number of anilines is 1. The molecule has 2 rings (SSSR count). The number of hydrogen-bond acceptors (Lipinski definition) is 4. The number of rotatable bonds is 4. The molecule has 0 aliphatic rings. The van der Waals surface area contributed by atoms with Crippen LogP contribution >= 0.6 is 0 Å². The molecule has 1 aromatic carbocycles. The molecule has 0 unspecified atom stereocenters. The second-order valence-corrected chi connectivity index (χ2v) is 3.57. The molecule has 0 atom stereocenters. The molecule has 0 fully saturated rings. The van der Waals surface area contributed by atoms with Gasteiger partial charge < -0.3 is 10.1 Å². The largest absolute Gasteiger partial charge is 0.439 e. The molecule has 1 N–H and O–H groups in total. The summed E-state index contributed by atoms with van der Waals surface area (Å²) in [6.45, 7) is 2.11. The molecule has 0 bridgehead atoms. The van der Waals surface area contributed by atoms with Gasteiger partial charge in [0, 0.05) is 19.3 Å². The molecule has 0 radical (unpaired) electrons. The Morgan fingerprint density at radius 3 is 2.94 bits per heavy atom. The fourth-order valence-electron chi connectivity index (χ4n) is 1.47. The smallest absolute Gasteiger partial charge is 0.225 e. The van der Waals surface area contributed by atoms with Crippen LogP contribution in [0.5, 0.6) is 11.6 Å². The summed E-state index contributed by atoms with van der Waals surface area (Å²) in [6, 6.07) is 9.72. The van der Waals surface area contributed by atoms with Crippen molar-refractivity contribution in [3.8, 4) is 11.6 Å². The van der Waals surface area contributed by atoms with Gasteiger partial charge in [-0.15, -0.1) is 0 Å². The van der Waals surface area contributed by atoms with Crippen LogP contribution in [0.1, 0.15) is 12.5 Å². The van der Waals surface area contributed by atoms with E-state index in [-0.39, 0.29) is 0 Å². The van der Waals surface area contributed by atoms with E-state index < -0.39 is 0 Å². The second kappa shape index (κ2) is 5.30. The molecular formula is C13H15N3O. The van der Waals surface area contributed by atoms with Gasteiger partial charge in [0.2, 0.25) is 11.8 Å². The van der Waals surface area contributed by atoms with Gasteiger partial charge in [0.15, 0.2) is 0 Å². The van der Waals surface area contributed by atoms with Crippen LogP contribution in [0.3, 0.4) is 0 Å². The zero-order valence-corrected chi connectivity index (χ0v) is 9.97. The third-order valence-electron chi connectivity index (χ3n) is 2.38. The summed E-state index contributed by atoms with van der Waals surface area (Å²) in [5.74, 6) is 1.89. The number of ether oxygens (including phenoxy) is 1. The monoisotopic (exact) mass is 229 g/mol. The summed E-state index contributed by atoms with van der Waals surface area (Å²) in [4.78, 5) is 8.23. The van der Waals surface area contributed by atoms with Crippen LogP contribution in [-0.4, -0.2) is 17.0 Å². The van der Waals surface area contributed by atoms with Crippen molar-refractivity contribution in [1.82, 2.24) is 9.97 Å². The minimum atomic E-state index is 0.539. The molecule has 1 aromatic heterocycles. The van der Waals surface area contributed by atoms with Gasteiger partial charge in [-0.05, 0) is 24.1 Å². The van der Waals surface area contributed by atoms with Crippen LogP contribution in [0.15, 0.2) is 36.5 Å². The molecule has 0 spiro atoms. The van der Waals surface area contributed by atoms with Crippen molar-refractivity contribution in [3.63, 3.8) is 0 Å². The molecule has 4 nitrogen and oxygen atoms in total. The maximum absolute atomic E-state index is 5.67. The number of aryl methyl sites for hydroxylation is 1. The summed E-state index contributed by atoms with van der Waals surface area (Å²) < 4.78 is 5.67. The maximum atomic E-state index is 5.67. The first-order chi connectivity index (χ1) is 8.31. The minimum absolute atomic E-state index is 0.539. The summed E-state index contributed by atoms with van der Waals surface area (Å²) in [5, 5.41) is 2.87. The van der Waals surface area contributed by atoms with E-state index >= 15 is 0 Å². The average Bonchev–Trinajstić information content (AvgIpc) is 2.39. The highest BCUT2D eigenvalue weighted by molar-refractivity contribution is 5.33. The topological polar surface area (TPSA) is 47.0 Å². The number of hydrogen-bond donors (Lipinski definition) is 1. The van der Waals surface area contributed by atoms with Crippen molar-refractivity contribution in [2.24, 2.45) is 0 Å². The Morgan fingerprint density at radius 2 is 2.18 bits per heavy atom. The van der Waals surface area contributed by atoms with Crippen molar-refractivity contribution < 1.29 is 4.74 Å². The summed E-state index contributed by atoms with van der Waals surface area (Å²) in [7, 11) is 1.77. The van der Waals surface area contributed by atoms with Crippen molar-refractivity contribution in [1.29, 1.82) is 0 Å². The Hall–Kier alpha value is -2.10. The first-order valence-electron chi connectivity index (χ1n) is 5.59. The Balaban J connectivity index is 2.18. The van der Waals surface area contributed by atoms with E-state index in [0.29, 0.717) is 11.8 Å². The molecule has 0 aliphatic heterocycles. The second-order valence-electron chi connectivity index (χ2n) is 3.57. The highest BCUT2D eigenvalue weighted by Crippen LogP contribution is 2.20. The third-order valence-corrected chi connectivity index (χ3v) is 2.38. The number of benzene rings is 1. The standard InChI is InChI=1S/C13H15N3O/c1-3-10-5-4-6-11(9-10)17-12-7-8-15-13(14-2)16-12/h4-9H,3H2,1-2H3,(H,14,15,16). The zero-order valence-electron chi connectivity index (χ0n) is 9.97. The first-order valence-corrected chi connectivity index (χ1v) is 5.59. The van der Waals surface area contributed by atoms with Gasteiger partial charge in [-0.2, -0.15) is 4.98 Å². The van der Waals surface area contributed by atoms with Crippen LogP contribution < -0.4 is 10.1 Å². The van der Waals surface area contributed by atoms with E-state index in [1.807, 2.05) is 18.2 Å². The zero-order chi connectivity index (χ0) is 12.1. The normalized spacial score (nSPS) is 10.0.